The molecule has 5 aromatic heterocycles. The molecule has 10 nitrogen and oxygen atoms in total. The van der Waals surface area contributed by atoms with E-state index in [9.17, 15) is 19.5 Å². The molecular formula is C24H15ClN6O4S2. The summed E-state index contributed by atoms with van der Waals surface area (Å²) in [6, 6.07) is 6.30. The van der Waals surface area contributed by atoms with Crippen molar-refractivity contribution < 1.29 is 14.7 Å². The number of aryl methyl sites for hydroxylation is 1. The van der Waals surface area contributed by atoms with Gasteiger partial charge in [0.15, 0.2) is 27.5 Å². The third-order valence-corrected chi connectivity index (χ3v) is 7.73. The summed E-state index contributed by atoms with van der Waals surface area (Å²) in [4.78, 5) is 59.4. The smallest absolute Gasteiger partial charge is 0.265 e. The van der Waals surface area contributed by atoms with E-state index < -0.39 is 23.2 Å². The van der Waals surface area contributed by atoms with Gasteiger partial charge in [-0.1, -0.05) is 11.6 Å². The average molecular weight is 551 g/mol. The molecule has 6 rings (SSSR count). The molecule has 0 spiro atoms. The lowest BCUT2D eigenvalue weighted by atomic mass is 9.87. The van der Waals surface area contributed by atoms with Gasteiger partial charge in [0.05, 0.1) is 16.5 Å². The van der Waals surface area contributed by atoms with Crippen LogP contribution in [0, 0.1) is 12.8 Å². The van der Waals surface area contributed by atoms with E-state index >= 15 is 0 Å². The third-order valence-electron chi connectivity index (χ3n) is 6.01. The maximum atomic E-state index is 13.8. The molecule has 6 heterocycles. The van der Waals surface area contributed by atoms with Crippen molar-refractivity contribution in [1.29, 1.82) is 0 Å². The molecule has 1 atom stereocenters. The van der Waals surface area contributed by atoms with Crippen LogP contribution in [0.1, 0.15) is 21.6 Å². The lowest BCUT2D eigenvalue weighted by molar-refractivity contribution is -0.120. The molecule has 0 aromatic carbocycles. The Morgan fingerprint density at radius 3 is 2.43 bits per heavy atom. The standard InChI is InChI=1S/C24H15ClN6O4S2/c1-11-2-3-12-17(32)14(21(34)30(19(12)28-11)23-26-6-8-36-23)10-15-18(33)13-4-5-16(25)29-20(13)31(22(15)35)24-27-7-9-37-24/h2-9,15,32H,10H2,1H3. The summed E-state index contributed by atoms with van der Waals surface area (Å²) in [6.07, 6.45) is 2.73. The van der Waals surface area contributed by atoms with Crippen molar-refractivity contribution in [1.82, 2.24) is 24.5 Å². The molecule has 1 N–H and O–H groups in total. The summed E-state index contributed by atoms with van der Waals surface area (Å²) in [5.74, 6) is -2.71. The first-order chi connectivity index (χ1) is 17.8. The van der Waals surface area contributed by atoms with Crippen LogP contribution in [0.25, 0.3) is 16.2 Å². The number of aromatic hydroxyl groups is 1. The molecule has 0 radical (unpaired) electrons. The van der Waals surface area contributed by atoms with E-state index in [0.29, 0.717) is 21.3 Å². The molecule has 1 aliphatic heterocycles. The second-order valence-electron chi connectivity index (χ2n) is 8.22. The fraction of sp³-hybridized carbons (Fsp3) is 0.125. The zero-order chi connectivity index (χ0) is 25.8. The SMILES string of the molecule is Cc1ccc2c(O)c(CC3C(=O)c4ccc(Cl)nc4N(c4nccs4)C3=O)c(=O)n(-c3nccs3)c2n1. The summed E-state index contributed by atoms with van der Waals surface area (Å²) >= 11 is 8.49. The highest BCUT2D eigenvalue weighted by atomic mass is 35.5. The summed E-state index contributed by atoms with van der Waals surface area (Å²) in [5.41, 5.74) is 0.339. The Hall–Kier alpha value is -4.00. The highest BCUT2D eigenvalue weighted by Gasteiger charge is 2.43. The maximum Gasteiger partial charge on any atom is 0.265 e. The molecule has 37 heavy (non-hydrogen) atoms. The number of amides is 1. The second kappa shape index (κ2) is 8.83. The van der Waals surface area contributed by atoms with Gasteiger partial charge in [-0.05, 0) is 31.2 Å². The topological polar surface area (TPSA) is 131 Å². The molecule has 0 saturated heterocycles. The predicted molar refractivity (Wildman–Crippen MR) is 139 cm³/mol. The normalized spacial score (nSPS) is 15.4. The first-order valence-electron chi connectivity index (χ1n) is 10.9. The quantitative estimate of drug-likeness (QED) is 0.261. The Balaban J connectivity index is 1.54. The minimum absolute atomic E-state index is 0.0799. The van der Waals surface area contributed by atoms with Crippen molar-refractivity contribution >= 4 is 67.9 Å². The molecule has 1 amide bonds. The Labute approximate surface area is 221 Å². The van der Waals surface area contributed by atoms with Crippen molar-refractivity contribution in [2.24, 2.45) is 5.92 Å². The maximum absolute atomic E-state index is 13.8. The van der Waals surface area contributed by atoms with Crippen LogP contribution in [-0.4, -0.2) is 41.3 Å². The fourth-order valence-electron chi connectivity index (χ4n) is 4.32. The van der Waals surface area contributed by atoms with Crippen LogP contribution in [0.15, 0.2) is 52.2 Å². The molecule has 184 valence electrons. The van der Waals surface area contributed by atoms with Gasteiger partial charge in [0.2, 0.25) is 5.91 Å². The van der Waals surface area contributed by atoms with E-state index in [1.54, 1.807) is 36.0 Å². The van der Waals surface area contributed by atoms with E-state index in [-0.39, 0.29) is 39.9 Å². The molecule has 1 unspecified atom stereocenters. The van der Waals surface area contributed by atoms with E-state index in [0.717, 1.165) is 0 Å². The van der Waals surface area contributed by atoms with Gasteiger partial charge in [-0.2, -0.15) is 0 Å². The lowest BCUT2D eigenvalue weighted by Gasteiger charge is -2.30. The first-order valence-corrected chi connectivity index (χ1v) is 13.1. The number of hydrogen-bond donors (Lipinski definition) is 1. The molecule has 5 aromatic rings. The minimum Gasteiger partial charge on any atom is -0.507 e. The number of Topliss-reactive ketones (excluding diaryl/α,β-unsaturated/α-hetero) is 1. The summed E-state index contributed by atoms with van der Waals surface area (Å²) in [7, 11) is 0. The van der Waals surface area contributed by atoms with E-state index in [1.165, 1.54) is 50.5 Å². The van der Waals surface area contributed by atoms with Crippen molar-refractivity contribution in [2.75, 3.05) is 4.90 Å². The predicted octanol–water partition coefficient (Wildman–Crippen LogP) is 4.08. The van der Waals surface area contributed by atoms with Crippen LogP contribution in [0.5, 0.6) is 5.75 Å². The van der Waals surface area contributed by atoms with Crippen LogP contribution in [0.4, 0.5) is 10.9 Å². The highest BCUT2D eigenvalue weighted by Crippen LogP contribution is 2.39. The van der Waals surface area contributed by atoms with Gasteiger partial charge >= 0.3 is 0 Å². The summed E-state index contributed by atoms with van der Waals surface area (Å²) < 4.78 is 1.30. The van der Waals surface area contributed by atoms with E-state index in [1.807, 2.05) is 0 Å². The minimum atomic E-state index is -1.31. The van der Waals surface area contributed by atoms with Gasteiger partial charge in [0.1, 0.15) is 16.8 Å². The Morgan fingerprint density at radius 1 is 1.00 bits per heavy atom. The number of fused-ring (bicyclic) bond motifs is 2. The number of anilines is 2. The Morgan fingerprint density at radius 2 is 1.73 bits per heavy atom. The molecule has 13 heteroatoms. The van der Waals surface area contributed by atoms with Crippen molar-refractivity contribution in [3.05, 3.63) is 79.7 Å². The van der Waals surface area contributed by atoms with Crippen LogP contribution < -0.4 is 10.5 Å². The highest BCUT2D eigenvalue weighted by molar-refractivity contribution is 7.14. The van der Waals surface area contributed by atoms with Crippen molar-refractivity contribution in [3.63, 3.8) is 0 Å². The third kappa shape index (κ3) is 3.72. The van der Waals surface area contributed by atoms with Gasteiger partial charge in [-0.15, -0.1) is 22.7 Å². The molecule has 0 aliphatic carbocycles. The Kier molecular flexibility index (Phi) is 5.59. The second-order valence-corrected chi connectivity index (χ2v) is 10.4. The van der Waals surface area contributed by atoms with E-state index in [2.05, 4.69) is 19.9 Å². The number of pyridine rings is 3. The van der Waals surface area contributed by atoms with Gasteiger partial charge in [0.25, 0.3) is 5.56 Å². The van der Waals surface area contributed by atoms with Gasteiger partial charge in [-0.3, -0.25) is 14.4 Å². The van der Waals surface area contributed by atoms with Gasteiger partial charge in [-0.25, -0.2) is 29.4 Å². The molecule has 0 saturated carbocycles. The summed E-state index contributed by atoms with van der Waals surface area (Å²) in [5, 5.41) is 15.7. The van der Waals surface area contributed by atoms with Gasteiger partial charge in [0, 0.05) is 35.3 Å². The van der Waals surface area contributed by atoms with Crippen LogP contribution >= 0.6 is 34.3 Å². The number of aromatic nitrogens is 5. The molecule has 1 aliphatic rings. The van der Waals surface area contributed by atoms with E-state index in [4.69, 9.17) is 11.6 Å². The molecule has 0 bridgehead atoms. The van der Waals surface area contributed by atoms with Crippen molar-refractivity contribution in [2.45, 2.75) is 13.3 Å². The number of ketones is 1. The largest absolute Gasteiger partial charge is 0.507 e. The molecular weight excluding hydrogens is 536 g/mol. The number of carbonyl (C=O) groups is 2. The van der Waals surface area contributed by atoms with Gasteiger partial charge < -0.3 is 5.11 Å². The number of rotatable bonds is 4. The van der Waals surface area contributed by atoms with Crippen LogP contribution in [0.2, 0.25) is 5.15 Å². The number of hydrogen-bond acceptors (Lipinski definition) is 10. The number of halogens is 1. The summed E-state index contributed by atoms with van der Waals surface area (Å²) in [6.45, 7) is 1.77. The van der Waals surface area contributed by atoms with Crippen LogP contribution in [-0.2, 0) is 11.2 Å². The number of carbonyl (C=O) groups excluding carboxylic acids is 2. The fourth-order valence-corrected chi connectivity index (χ4v) is 5.75. The monoisotopic (exact) mass is 550 g/mol. The zero-order valence-corrected chi connectivity index (χ0v) is 21.3. The molecule has 0 fully saturated rings. The zero-order valence-electron chi connectivity index (χ0n) is 19.0. The van der Waals surface area contributed by atoms with Crippen LogP contribution in [0.3, 0.4) is 0 Å². The number of thiazole rings is 2. The average Bonchev–Trinajstić information content (AvgIpc) is 3.59. The first kappa shape index (κ1) is 23.4. The Bertz CT molecular complexity index is 1770. The van der Waals surface area contributed by atoms with Crippen molar-refractivity contribution in [3.8, 4) is 10.9 Å². The lowest BCUT2D eigenvalue weighted by Crippen LogP contribution is -2.44. The number of nitrogens with zero attached hydrogens (tertiary/aromatic N) is 6.